The molecule has 2 heterocycles. The molecule has 0 unspecified atom stereocenters. The lowest BCUT2D eigenvalue weighted by Gasteiger charge is -2.12. The minimum atomic E-state index is -1.15. The van der Waals surface area contributed by atoms with E-state index in [1.807, 2.05) is 19.1 Å². The van der Waals surface area contributed by atoms with Crippen molar-refractivity contribution >= 4 is 29.0 Å². The summed E-state index contributed by atoms with van der Waals surface area (Å²) in [5.74, 6) is 0.0327. The maximum Gasteiger partial charge on any atom is 0.371 e. The van der Waals surface area contributed by atoms with E-state index in [1.165, 1.54) is 19.2 Å². The molecule has 1 aliphatic rings. The van der Waals surface area contributed by atoms with Crippen molar-refractivity contribution in [2.24, 2.45) is 0 Å². The van der Waals surface area contributed by atoms with E-state index >= 15 is 0 Å². The number of hydrogen-bond acceptors (Lipinski definition) is 8. The highest BCUT2D eigenvalue weighted by molar-refractivity contribution is 6.08. The van der Waals surface area contributed by atoms with E-state index in [1.54, 1.807) is 19.1 Å². The van der Waals surface area contributed by atoms with E-state index in [2.05, 4.69) is 17.1 Å². The Hall–Kier alpha value is -5.02. The Morgan fingerprint density at radius 3 is 2.60 bits per heavy atom. The summed E-state index contributed by atoms with van der Waals surface area (Å²) < 4.78 is 16.5. The van der Waals surface area contributed by atoms with Crippen molar-refractivity contribution < 1.29 is 23.8 Å². The maximum absolute atomic E-state index is 11.0. The van der Waals surface area contributed by atoms with Gasteiger partial charge in [-0.05, 0) is 66.5 Å². The molecule has 9 heteroatoms. The Morgan fingerprint density at radius 2 is 1.97 bits per heavy atom. The first kappa shape index (κ1) is 23.1. The van der Waals surface area contributed by atoms with Crippen molar-refractivity contribution in [3.63, 3.8) is 0 Å². The van der Waals surface area contributed by atoms with E-state index in [-0.39, 0.29) is 23.7 Å². The molecule has 0 saturated heterocycles. The predicted octanol–water partition coefficient (Wildman–Crippen LogP) is 4.57. The molecule has 0 spiro atoms. The van der Waals surface area contributed by atoms with Crippen LogP contribution in [-0.4, -0.2) is 23.2 Å². The smallest absolute Gasteiger partial charge is 0.371 e. The first-order valence-corrected chi connectivity index (χ1v) is 10.5. The van der Waals surface area contributed by atoms with Crippen LogP contribution >= 0.6 is 0 Å². The predicted molar refractivity (Wildman–Crippen MR) is 127 cm³/mol. The molecule has 0 amide bonds. The number of aromatic nitrogens is 1. The second kappa shape index (κ2) is 9.08. The van der Waals surface area contributed by atoms with Crippen LogP contribution in [0, 0.1) is 29.6 Å². The van der Waals surface area contributed by atoms with Crippen LogP contribution in [0.15, 0.2) is 40.3 Å². The van der Waals surface area contributed by atoms with Crippen LogP contribution in [0.2, 0.25) is 0 Å². The van der Waals surface area contributed by atoms with Gasteiger partial charge < -0.3 is 24.7 Å². The molecule has 0 radical (unpaired) electrons. The van der Waals surface area contributed by atoms with Crippen LogP contribution in [0.5, 0.6) is 11.5 Å². The summed E-state index contributed by atoms with van der Waals surface area (Å²) >= 11 is 0. The number of hydrogen-bond donors (Lipinski definition) is 2. The van der Waals surface area contributed by atoms with Gasteiger partial charge in [0.15, 0.2) is 11.5 Å². The molecule has 174 valence electrons. The van der Waals surface area contributed by atoms with Gasteiger partial charge in [0.05, 0.1) is 23.9 Å². The third-order valence-corrected chi connectivity index (χ3v) is 5.73. The molecule has 0 bridgehead atoms. The quantitative estimate of drug-likeness (QED) is 0.529. The average molecular weight is 468 g/mol. The number of aromatic carboxylic acids is 1. The van der Waals surface area contributed by atoms with Crippen molar-refractivity contribution in [1.82, 2.24) is 4.98 Å². The Kier molecular flexibility index (Phi) is 6.01. The number of nitriles is 2. The van der Waals surface area contributed by atoms with Crippen molar-refractivity contribution in [1.29, 1.82) is 10.5 Å². The molecule has 35 heavy (non-hydrogen) atoms. The maximum atomic E-state index is 11.0. The van der Waals surface area contributed by atoms with Gasteiger partial charge in [0, 0.05) is 5.56 Å². The summed E-state index contributed by atoms with van der Waals surface area (Å²) in [7, 11) is 1.51. The first-order chi connectivity index (χ1) is 16.8. The lowest BCUT2D eigenvalue weighted by Crippen LogP contribution is -2.03. The number of carbonyl (C=O) groups is 1. The van der Waals surface area contributed by atoms with E-state index in [4.69, 9.17) is 24.7 Å². The van der Waals surface area contributed by atoms with E-state index in [0.717, 1.165) is 16.7 Å². The SMILES string of the molecule is COc1cc(/C=C2/C(C)=C(C#N)c3nc(N)c(C#N)c(C)c32)ccc1OCc1ccc(C(=O)O)o1. The molecule has 2 aromatic heterocycles. The number of nitrogen functional groups attached to an aromatic ring is 1. The topological polar surface area (TPSA) is 155 Å². The highest BCUT2D eigenvalue weighted by Crippen LogP contribution is 2.44. The van der Waals surface area contributed by atoms with Crippen LogP contribution in [-0.2, 0) is 6.61 Å². The van der Waals surface area contributed by atoms with Gasteiger partial charge in [0.25, 0.3) is 0 Å². The van der Waals surface area contributed by atoms with Crippen molar-refractivity contribution in [2.75, 3.05) is 12.8 Å². The van der Waals surface area contributed by atoms with Crippen molar-refractivity contribution in [2.45, 2.75) is 20.5 Å². The van der Waals surface area contributed by atoms with Gasteiger partial charge in [-0.1, -0.05) is 6.07 Å². The normalized spacial score (nSPS) is 13.3. The number of allylic oxidation sites excluding steroid dienone is 3. The number of nitrogens with two attached hydrogens (primary N) is 1. The number of carboxylic acid groups (broad SMARTS) is 1. The van der Waals surface area contributed by atoms with E-state index < -0.39 is 5.97 Å². The fourth-order valence-electron chi connectivity index (χ4n) is 3.97. The zero-order valence-electron chi connectivity index (χ0n) is 19.2. The molecule has 9 nitrogen and oxygen atoms in total. The third kappa shape index (κ3) is 4.07. The van der Waals surface area contributed by atoms with E-state index in [0.29, 0.717) is 39.7 Å². The lowest BCUT2D eigenvalue weighted by atomic mass is 9.95. The molecule has 1 aliphatic carbocycles. The molecule has 0 fully saturated rings. The third-order valence-electron chi connectivity index (χ3n) is 5.73. The lowest BCUT2D eigenvalue weighted by molar-refractivity contribution is 0.0658. The zero-order valence-corrected chi connectivity index (χ0v) is 19.2. The number of benzene rings is 1. The van der Waals surface area contributed by atoms with Crippen LogP contribution in [0.1, 0.15) is 51.2 Å². The van der Waals surface area contributed by atoms with Crippen molar-refractivity contribution in [3.05, 3.63) is 75.4 Å². The molecule has 0 atom stereocenters. The molecule has 0 saturated carbocycles. The number of ether oxygens (including phenoxy) is 2. The van der Waals surface area contributed by atoms with Crippen LogP contribution in [0.3, 0.4) is 0 Å². The van der Waals surface area contributed by atoms with Gasteiger partial charge in [0.1, 0.15) is 30.3 Å². The van der Waals surface area contributed by atoms with Crippen LogP contribution < -0.4 is 15.2 Å². The van der Waals surface area contributed by atoms with Gasteiger partial charge >= 0.3 is 5.97 Å². The van der Waals surface area contributed by atoms with Gasteiger partial charge in [-0.3, -0.25) is 0 Å². The monoisotopic (exact) mass is 468 g/mol. The molecule has 0 aliphatic heterocycles. The number of nitrogens with zero attached hydrogens (tertiary/aromatic N) is 3. The minimum absolute atomic E-state index is 0.0219. The van der Waals surface area contributed by atoms with Crippen LogP contribution in [0.4, 0.5) is 5.82 Å². The number of methoxy groups -OCH3 is 1. The van der Waals surface area contributed by atoms with Gasteiger partial charge in [-0.15, -0.1) is 0 Å². The number of pyridine rings is 1. The summed E-state index contributed by atoms with van der Waals surface area (Å²) in [4.78, 5) is 15.3. The number of furan rings is 1. The second-order valence-corrected chi connectivity index (χ2v) is 7.77. The highest BCUT2D eigenvalue weighted by atomic mass is 16.5. The fraction of sp³-hybridized carbons (Fsp3) is 0.154. The molecular weight excluding hydrogens is 448 g/mol. The Bertz CT molecular complexity index is 1520. The standard InChI is InChI=1S/C26H20N4O5/c1-13-17(23-14(2)19(11-28)25(29)30-24(23)18(13)10-27)8-15-4-6-20(22(9-15)33-3)34-12-16-5-7-21(35-16)26(31)32/h4-9H,12H2,1-3H3,(H2,29,30)(H,31,32)/b17-8-. The van der Waals surface area contributed by atoms with Gasteiger partial charge in [0.2, 0.25) is 5.76 Å². The number of anilines is 1. The zero-order chi connectivity index (χ0) is 25.3. The number of fused-ring (bicyclic) bond motifs is 1. The van der Waals surface area contributed by atoms with Gasteiger partial charge in [-0.25, -0.2) is 9.78 Å². The van der Waals surface area contributed by atoms with E-state index in [9.17, 15) is 15.3 Å². The first-order valence-electron chi connectivity index (χ1n) is 10.5. The minimum Gasteiger partial charge on any atom is -0.493 e. The van der Waals surface area contributed by atoms with Crippen molar-refractivity contribution in [3.8, 4) is 23.6 Å². The highest BCUT2D eigenvalue weighted by Gasteiger charge is 2.29. The molecule has 3 N–H and O–H groups in total. The molecular formula is C26H20N4O5. The number of rotatable bonds is 6. The molecule has 1 aromatic carbocycles. The second-order valence-electron chi connectivity index (χ2n) is 7.77. The summed E-state index contributed by atoms with van der Waals surface area (Å²) in [5.41, 5.74) is 10.8. The van der Waals surface area contributed by atoms with Gasteiger partial charge in [-0.2, -0.15) is 10.5 Å². The Morgan fingerprint density at radius 1 is 1.20 bits per heavy atom. The summed E-state index contributed by atoms with van der Waals surface area (Å²) in [6.07, 6.45) is 1.89. The summed E-state index contributed by atoms with van der Waals surface area (Å²) in [5, 5.41) is 28.2. The largest absolute Gasteiger partial charge is 0.493 e. The number of carboxylic acids is 1. The molecule has 4 rings (SSSR count). The van der Waals surface area contributed by atoms with Crippen LogP contribution in [0.25, 0.3) is 17.2 Å². The summed E-state index contributed by atoms with van der Waals surface area (Å²) in [6, 6.07) is 12.5. The molecule has 3 aromatic rings. The Labute approximate surface area is 200 Å². The summed E-state index contributed by atoms with van der Waals surface area (Å²) in [6.45, 7) is 3.64. The fourth-order valence-corrected chi connectivity index (χ4v) is 3.97. The average Bonchev–Trinajstić information content (AvgIpc) is 3.41. The Balaban J connectivity index is 1.70.